The Hall–Kier alpha value is -2.80. The number of halogens is 1. The van der Waals surface area contributed by atoms with Crippen molar-refractivity contribution in [2.24, 2.45) is 0 Å². The van der Waals surface area contributed by atoms with Crippen LogP contribution in [0.25, 0.3) is 11.0 Å². The van der Waals surface area contributed by atoms with Crippen molar-refractivity contribution in [3.05, 3.63) is 62.9 Å². The van der Waals surface area contributed by atoms with Crippen molar-refractivity contribution in [3.8, 4) is 5.75 Å². The monoisotopic (exact) mass is 470 g/mol. The second-order valence-corrected chi connectivity index (χ2v) is 8.27. The van der Waals surface area contributed by atoms with Crippen molar-refractivity contribution in [2.45, 2.75) is 38.1 Å². The van der Waals surface area contributed by atoms with Crippen LogP contribution in [0.1, 0.15) is 42.5 Å². The Kier molecular flexibility index (Phi) is 6.08. The van der Waals surface area contributed by atoms with Gasteiger partial charge in [-0.05, 0) is 59.1 Å². The van der Waals surface area contributed by atoms with Gasteiger partial charge in [0.05, 0.1) is 17.3 Å². The molecule has 0 aliphatic heterocycles. The lowest BCUT2D eigenvalue weighted by atomic mass is 9.95. The zero-order valence-corrected chi connectivity index (χ0v) is 18.3. The van der Waals surface area contributed by atoms with Crippen LogP contribution in [0.2, 0.25) is 0 Å². The first-order valence-corrected chi connectivity index (χ1v) is 10.8. The first-order chi connectivity index (χ1) is 14.6. The molecule has 0 unspecified atom stereocenters. The minimum absolute atomic E-state index is 0.135. The zero-order chi connectivity index (χ0) is 21.1. The van der Waals surface area contributed by atoms with Crippen LogP contribution in [0.15, 0.2) is 56.1 Å². The molecule has 1 aliphatic carbocycles. The summed E-state index contributed by atoms with van der Waals surface area (Å²) in [7, 11) is 1.56. The van der Waals surface area contributed by atoms with E-state index in [1.54, 1.807) is 31.4 Å². The lowest BCUT2D eigenvalue weighted by Gasteiger charge is -2.25. The van der Waals surface area contributed by atoms with Crippen LogP contribution in [0.4, 0.5) is 11.4 Å². The Morgan fingerprint density at radius 1 is 1.10 bits per heavy atom. The lowest BCUT2D eigenvalue weighted by molar-refractivity contribution is 0.102. The van der Waals surface area contributed by atoms with Gasteiger partial charge in [0.2, 0.25) is 0 Å². The third kappa shape index (κ3) is 4.21. The average Bonchev–Trinajstić information content (AvgIpc) is 2.76. The number of anilines is 2. The minimum Gasteiger partial charge on any atom is -0.496 e. The molecule has 2 aromatic carbocycles. The molecule has 0 atom stereocenters. The first-order valence-electron chi connectivity index (χ1n) is 10.0. The number of carbonyl (C=O) groups is 1. The Labute approximate surface area is 182 Å². The third-order valence-corrected chi connectivity index (χ3v) is 6.04. The first kappa shape index (κ1) is 20.5. The molecule has 4 rings (SSSR count). The highest BCUT2D eigenvalue weighted by atomic mass is 79.9. The second-order valence-electron chi connectivity index (χ2n) is 7.42. The molecule has 0 spiro atoms. The van der Waals surface area contributed by atoms with E-state index < -0.39 is 11.5 Å². The number of rotatable bonds is 5. The fourth-order valence-corrected chi connectivity index (χ4v) is 4.40. The van der Waals surface area contributed by atoms with Gasteiger partial charge in [0.25, 0.3) is 5.91 Å². The minimum atomic E-state index is -0.576. The number of amides is 1. The topological polar surface area (TPSA) is 80.6 Å². The van der Waals surface area contributed by atoms with Crippen molar-refractivity contribution < 1.29 is 13.9 Å². The number of hydrogen-bond donors (Lipinski definition) is 2. The van der Waals surface area contributed by atoms with E-state index in [4.69, 9.17) is 9.15 Å². The highest BCUT2D eigenvalue weighted by Gasteiger charge is 2.21. The molecule has 2 N–H and O–H groups in total. The molecule has 1 aliphatic rings. The van der Waals surface area contributed by atoms with Gasteiger partial charge in [-0.15, -0.1) is 0 Å². The fourth-order valence-electron chi connectivity index (χ4n) is 3.86. The van der Waals surface area contributed by atoms with E-state index in [9.17, 15) is 9.59 Å². The summed E-state index contributed by atoms with van der Waals surface area (Å²) in [4.78, 5) is 25.7. The van der Waals surface area contributed by atoms with Gasteiger partial charge in [0.15, 0.2) is 5.69 Å². The largest absolute Gasteiger partial charge is 0.496 e. The molecule has 1 aromatic heterocycles. The maximum absolute atomic E-state index is 12.9. The summed E-state index contributed by atoms with van der Waals surface area (Å²) >= 11 is 3.39. The normalized spacial score (nSPS) is 14.5. The number of fused-ring (bicyclic) bond motifs is 1. The van der Waals surface area contributed by atoms with Crippen LogP contribution < -0.4 is 21.0 Å². The van der Waals surface area contributed by atoms with Crippen LogP contribution in [0.3, 0.4) is 0 Å². The molecule has 156 valence electrons. The predicted octanol–water partition coefficient (Wildman–Crippen LogP) is 5.56. The highest BCUT2D eigenvalue weighted by Crippen LogP contribution is 2.32. The van der Waals surface area contributed by atoms with Crippen LogP contribution in [0, 0.1) is 0 Å². The lowest BCUT2D eigenvalue weighted by Crippen LogP contribution is -2.26. The van der Waals surface area contributed by atoms with Gasteiger partial charge < -0.3 is 19.8 Å². The highest BCUT2D eigenvalue weighted by molar-refractivity contribution is 9.10. The maximum Gasteiger partial charge on any atom is 0.362 e. The SMILES string of the molecule is COc1ccc(C(=O)Nc2c(NC3CCCCC3)c3ccccc3oc2=O)cc1Br. The number of carbonyl (C=O) groups excluding carboxylic acids is 1. The van der Waals surface area contributed by atoms with Gasteiger partial charge in [0, 0.05) is 17.0 Å². The van der Waals surface area contributed by atoms with E-state index in [-0.39, 0.29) is 11.7 Å². The van der Waals surface area contributed by atoms with Crippen molar-refractivity contribution >= 4 is 44.2 Å². The molecule has 7 heteroatoms. The quantitative estimate of drug-likeness (QED) is 0.477. The number of ether oxygens (including phenoxy) is 1. The fraction of sp³-hybridized carbons (Fsp3) is 0.304. The molecule has 0 radical (unpaired) electrons. The summed E-state index contributed by atoms with van der Waals surface area (Å²) in [6.07, 6.45) is 5.60. The number of hydrogen-bond acceptors (Lipinski definition) is 5. The molecule has 0 saturated heterocycles. The third-order valence-electron chi connectivity index (χ3n) is 5.42. The van der Waals surface area contributed by atoms with Crippen molar-refractivity contribution in [1.29, 1.82) is 0 Å². The van der Waals surface area contributed by atoms with E-state index in [1.807, 2.05) is 18.2 Å². The van der Waals surface area contributed by atoms with Gasteiger partial charge in [-0.1, -0.05) is 31.4 Å². The molecule has 3 aromatic rings. The van der Waals surface area contributed by atoms with Crippen molar-refractivity contribution in [3.63, 3.8) is 0 Å². The molecular formula is C23H23BrN2O4. The number of para-hydroxylation sites is 1. The average molecular weight is 471 g/mol. The molecule has 1 amide bonds. The van der Waals surface area contributed by atoms with Crippen LogP contribution >= 0.6 is 15.9 Å². The molecule has 6 nitrogen and oxygen atoms in total. The molecular weight excluding hydrogens is 448 g/mol. The predicted molar refractivity (Wildman–Crippen MR) is 122 cm³/mol. The Morgan fingerprint density at radius 2 is 1.87 bits per heavy atom. The van der Waals surface area contributed by atoms with Crippen LogP contribution in [-0.4, -0.2) is 19.1 Å². The van der Waals surface area contributed by atoms with Gasteiger partial charge in [-0.2, -0.15) is 0 Å². The zero-order valence-electron chi connectivity index (χ0n) is 16.7. The van der Waals surface area contributed by atoms with Gasteiger partial charge in [-0.3, -0.25) is 4.79 Å². The van der Waals surface area contributed by atoms with Crippen molar-refractivity contribution in [1.82, 2.24) is 0 Å². The molecule has 0 bridgehead atoms. The molecule has 1 heterocycles. The summed E-state index contributed by atoms with van der Waals surface area (Å²) in [5.74, 6) is 0.226. The summed E-state index contributed by atoms with van der Waals surface area (Å²) < 4.78 is 11.4. The summed E-state index contributed by atoms with van der Waals surface area (Å²) in [6, 6.07) is 12.6. The van der Waals surface area contributed by atoms with Gasteiger partial charge in [-0.25, -0.2) is 4.79 Å². The Morgan fingerprint density at radius 3 is 2.60 bits per heavy atom. The van der Waals surface area contributed by atoms with Gasteiger partial charge in [0.1, 0.15) is 11.3 Å². The summed E-state index contributed by atoms with van der Waals surface area (Å²) in [6.45, 7) is 0. The summed E-state index contributed by atoms with van der Waals surface area (Å²) in [5.41, 5.74) is 1.07. The summed E-state index contributed by atoms with van der Waals surface area (Å²) in [5, 5.41) is 7.06. The van der Waals surface area contributed by atoms with E-state index in [2.05, 4.69) is 26.6 Å². The molecule has 30 heavy (non-hydrogen) atoms. The maximum atomic E-state index is 12.9. The number of nitrogens with one attached hydrogen (secondary N) is 2. The van der Waals surface area contributed by atoms with Crippen LogP contribution in [-0.2, 0) is 0 Å². The van der Waals surface area contributed by atoms with E-state index in [0.717, 1.165) is 31.1 Å². The Balaban J connectivity index is 1.72. The number of benzene rings is 2. The van der Waals surface area contributed by atoms with Crippen LogP contribution in [0.5, 0.6) is 5.75 Å². The van der Waals surface area contributed by atoms with E-state index >= 15 is 0 Å². The van der Waals surface area contributed by atoms with Crippen molar-refractivity contribution in [2.75, 3.05) is 17.7 Å². The number of methoxy groups -OCH3 is 1. The Bertz CT molecular complexity index is 1140. The van der Waals surface area contributed by atoms with Gasteiger partial charge >= 0.3 is 5.63 Å². The van der Waals surface area contributed by atoms with E-state index in [1.165, 1.54) is 6.42 Å². The smallest absolute Gasteiger partial charge is 0.362 e. The molecule has 1 saturated carbocycles. The van der Waals surface area contributed by atoms with E-state index in [0.29, 0.717) is 27.1 Å². The standard InChI is InChI=1S/C23H23BrN2O4/c1-29-19-12-11-14(13-17(19)24)22(27)26-21-20(25-15-7-3-2-4-8-15)16-9-5-6-10-18(16)30-23(21)28/h5-6,9-13,15,25H,2-4,7-8H2,1H3,(H,26,27). The second kappa shape index (κ2) is 8.92. The molecule has 1 fully saturated rings.